The van der Waals surface area contributed by atoms with Gasteiger partial charge >= 0.3 is 0 Å². The van der Waals surface area contributed by atoms with E-state index < -0.39 is 5.91 Å². The first kappa shape index (κ1) is 22.3. The lowest BCUT2D eigenvalue weighted by molar-refractivity contribution is -0.121. The van der Waals surface area contributed by atoms with E-state index in [1.165, 1.54) is 12.7 Å². The molecule has 0 aliphatic heterocycles. The van der Waals surface area contributed by atoms with E-state index in [0.29, 0.717) is 36.0 Å². The molecular weight excluding hydrogens is 368 g/mol. The zero-order valence-electron chi connectivity index (χ0n) is 17.6. The number of methoxy groups -OCH3 is 1. The Morgan fingerprint density at radius 1 is 1.00 bits per heavy atom. The Labute approximate surface area is 172 Å². The van der Waals surface area contributed by atoms with Crippen molar-refractivity contribution in [2.75, 3.05) is 13.7 Å². The average molecular weight is 399 g/mol. The molecule has 6 nitrogen and oxygen atoms in total. The van der Waals surface area contributed by atoms with Crippen molar-refractivity contribution in [1.29, 1.82) is 0 Å². The van der Waals surface area contributed by atoms with Crippen LogP contribution in [0.15, 0.2) is 42.5 Å². The third-order valence-electron chi connectivity index (χ3n) is 4.46. The number of hydrogen-bond acceptors (Lipinski definition) is 4. The summed E-state index contributed by atoms with van der Waals surface area (Å²) in [6.07, 6.45) is 1.83. The summed E-state index contributed by atoms with van der Waals surface area (Å²) < 4.78 is 11.0. The average Bonchev–Trinajstić information content (AvgIpc) is 2.71. The van der Waals surface area contributed by atoms with Crippen molar-refractivity contribution in [2.45, 2.75) is 40.0 Å². The highest BCUT2D eigenvalue weighted by atomic mass is 16.5. The van der Waals surface area contributed by atoms with Crippen LogP contribution in [-0.4, -0.2) is 25.5 Å². The number of ether oxygens (including phenoxy) is 2. The summed E-state index contributed by atoms with van der Waals surface area (Å²) in [6.45, 7) is 6.86. The molecule has 0 aromatic heterocycles. The summed E-state index contributed by atoms with van der Waals surface area (Å²) in [5.41, 5.74) is 7.52. The lowest BCUT2D eigenvalue weighted by Gasteiger charge is -2.13. The third kappa shape index (κ3) is 7.49. The fourth-order valence-corrected chi connectivity index (χ4v) is 2.61. The Balaban J connectivity index is 1.84. The van der Waals surface area contributed by atoms with Gasteiger partial charge in [0.1, 0.15) is 0 Å². The smallest absolute Gasteiger partial charge is 0.269 e. The van der Waals surface area contributed by atoms with Crippen molar-refractivity contribution in [3.8, 4) is 11.5 Å². The van der Waals surface area contributed by atoms with Gasteiger partial charge in [0.05, 0.1) is 13.7 Å². The monoisotopic (exact) mass is 398 g/mol. The van der Waals surface area contributed by atoms with E-state index in [-0.39, 0.29) is 12.3 Å². The van der Waals surface area contributed by atoms with E-state index >= 15 is 0 Å². The molecule has 2 rings (SSSR count). The normalized spacial score (nSPS) is 10.5. The molecule has 2 aromatic rings. The number of carbonyl (C=O) groups excluding carboxylic acids is 2. The second kappa shape index (κ2) is 11.1. The van der Waals surface area contributed by atoms with Crippen LogP contribution in [0.1, 0.15) is 48.2 Å². The molecule has 29 heavy (non-hydrogen) atoms. The Morgan fingerprint density at radius 2 is 1.72 bits per heavy atom. The minimum Gasteiger partial charge on any atom is -0.493 e. The summed E-state index contributed by atoms with van der Waals surface area (Å²) in [6, 6.07) is 13.0. The van der Waals surface area contributed by atoms with Gasteiger partial charge < -0.3 is 9.47 Å². The number of nitrogens with one attached hydrogen (secondary N) is 2. The Hall–Kier alpha value is -3.02. The van der Waals surface area contributed by atoms with E-state index in [0.717, 1.165) is 12.0 Å². The molecule has 0 saturated carbocycles. The van der Waals surface area contributed by atoms with Crippen molar-refractivity contribution in [3.05, 3.63) is 59.2 Å². The van der Waals surface area contributed by atoms with Crippen molar-refractivity contribution in [2.24, 2.45) is 5.92 Å². The maximum atomic E-state index is 12.3. The third-order valence-corrected chi connectivity index (χ3v) is 4.46. The van der Waals surface area contributed by atoms with E-state index in [4.69, 9.17) is 9.47 Å². The first-order chi connectivity index (χ1) is 13.9. The van der Waals surface area contributed by atoms with Gasteiger partial charge in [0, 0.05) is 12.0 Å². The maximum absolute atomic E-state index is 12.3. The van der Waals surface area contributed by atoms with Crippen LogP contribution in [0.5, 0.6) is 11.5 Å². The minimum absolute atomic E-state index is 0.250. The van der Waals surface area contributed by atoms with Crippen molar-refractivity contribution in [3.63, 3.8) is 0 Å². The first-order valence-corrected chi connectivity index (χ1v) is 9.84. The van der Waals surface area contributed by atoms with Gasteiger partial charge in [0.25, 0.3) is 5.91 Å². The number of benzene rings is 2. The molecule has 0 unspecified atom stereocenters. The lowest BCUT2D eigenvalue weighted by Crippen LogP contribution is -2.41. The van der Waals surface area contributed by atoms with Crippen LogP contribution in [0.25, 0.3) is 0 Å². The van der Waals surface area contributed by atoms with Gasteiger partial charge in [-0.15, -0.1) is 0 Å². The van der Waals surface area contributed by atoms with E-state index in [2.05, 4.69) is 24.7 Å². The molecule has 2 aromatic carbocycles. The second-order valence-electron chi connectivity index (χ2n) is 7.38. The Morgan fingerprint density at radius 3 is 2.38 bits per heavy atom. The largest absolute Gasteiger partial charge is 0.493 e. The maximum Gasteiger partial charge on any atom is 0.269 e. The van der Waals surface area contributed by atoms with E-state index in [1.807, 2.05) is 31.2 Å². The lowest BCUT2D eigenvalue weighted by atomic mass is 10.1. The van der Waals surface area contributed by atoms with Crippen LogP contribution in [0.2, 0.25) is 0 Å². The molecule has 2 amide bonds. The number of amides is 2. The molecule has 0 radical (unpaired) electrons. The van der Waals surface area contributed by atoms with Gasteiger partial charge in [-0.05, 0) is 49.4 Å². The molecule has 0 saturated heterocycles. The fraction of sp³-hybridized carbons (Fsp3) is 0.391. The topological polar surface area (TPSA) is 76.7 Å². The van der Waals surface area contributed by atoms with E-state index in [9.17, 15) is 9.59 Å². The van der Waals surface area contributed by atoms with Crippen LogP contribution in [0.4, 0.5) is 0 Å². The van der Waals surface area contributed by atoms with E-state index in [1.54, 1.807) is 18.2 Å². The zero-order valence-corrected chi connectivity index (χ0v) is 17.6. The standard InChI is InChI=1S/C23H30N2O4/c1-16(2)13-14-29-20-11-10-19(15-21(20)28-4)23(27)25-24-22(26)12-9-18-7-5-17(3)6-8-18/h5-8,10-11,15-16H,9,12-14H2,1-4H3,(H,24,26)(H,25,27). The quantitative estimate of drug-likeness (QED) is 0.630. The molecule has 0 aliphatic carbocycles. The van der Waals surface area contributed by atoms with Crippen LogP contribution >= 0.6 is 0 Å². The minimum atomic E-state index is -0.416. The Bertz CT molecular complexity index is 816. The number of rotatable bonds is 9. The SMILES string of the molecule is COc1cc(C(=O)NNC(=O)CCc2ccc(C)cc2)ccc1OCCC(C)C. The molecular formula is C23H30N2O4. The predicted octanol–water partition coefficient (Wildman–Crippen LogP) is 3.82. The van der Waals surface area contributed by atoms with Gasteiger partial charge in [-0.1, -0.05) is 43.7 Å². The van der Waals surface area contributed by atoms with Gasteiger partial charge in [-0.25, -0.2) is 0 Å². The number of aryl methyl sites for hydroxylation is 2. The zero-order chi connectivity index (χ0) is 21.2. The summed E-state index contributed by atoms with van der Waals surface area (Å²) in [4.78, 5) is 24.3. The summed E-state index contributed by atoms with van der Waals surface area (Å²) in [7, 11) is 1.53. The van der Waals surface area contributed by atoms with Gasteiger partial charge in [-0.3, -0.25) is 20.4 Å². The van der Waals surface area contributed by atoms with Crippen LogP contribution in [-0.2, 0) is 11.2 Å². The summed E-state index contributed by atoms with van der Waals surface area (Å²) >= 11 is 0. The molecule has 6 heteroatoms. The van der Waals surface area contributed by atoms with Gasteiger partial charge in [-0.2, -0.15) is 0 Å². The predicted molar refractivity (Wildman–Crippen MR) is 113 cm³/mol. The molecule has 0 aliphatic rings. The second-order valence-corrected chi connectivity index (χ2v) is 7.38. The molecule has 2 N–H and O–H groups in total. The van der Waals surface area contributed by atoms with Crippen LogP contribution in [0, 0.1) is 12.8 Å². The van der Waals surface area contributed by atoms with Crippen molar-refractivity contribution < 1.29 is 19.1 Å². The van der Waals surface area contributed by atoms with Gasteiger partial charge in [0.15, 0.2) is 11.5 Å². The van der Waals surface area contributed by atoms with Crippen molar-refractivity contribution >= 4 is 11.8 Å². The summed E-state index contributed by atoms with van der Waals surface area (Å²) in [5.74, 6) is 0.944. The molecule has 0 spiro atoms. The van der Waals surface area contributed by atoms with Gasteiger partial charge in [0.2, 0.25) is 5.91 Å². The highest BCUT2D eigenvalue weighted by Gasteiger charge is 2.12. The highest BCUT2D eigenvalue weighted by Crippen LogP contribution is 2.28. The first-order valence-electron chi connectivity index (χ1n) is 9.84. The summed E-state index contributed by atoms with van der Waals surface area (Å²) in [5, 5.41) is 0. The molecule has 156 valence electrons. The van der Waals surface area contributed by atoms with Crippen LogP contribution < -0.4 is 20.3 Å². The van der Waals surface area contributed by atoms with Crippen molar-refractivity contribution in [1.82, 2.24) is 10.9 Å². The molecule has 0 heterocycles. The number of hydrogen-bond donors (Lipinski definition) is 2. The molecule has 0 bridgehead atoms. The molecule has 0 atom stereocenters. The highest BCUT2D eigenvalue weighted by molar-refractivity contribution is 5.96. The number of hydrazine groups is 1. The number of carbonyl (C=O) groups is 2. The molecule has 0 fully saturated rings. The Kier molecular flexibility index (Phi) is 8.52. The van der Waals surface area contributed by atoms with Crippen LogP contribution in [0.3, 0.4) is 0 Å². The fourth-order valence-electron chi connectivity index (χ4n) is 2.61.